The molecule has 3 N–H and O–H groups in total. The van der Waals surface area contributed by atoms with Crippen LogP contribution in [0.3, 0.4) is 0 Å². The van der Waals surface area contributed by atoms with Gasteiger partial charge >= 0.3 is 0 Å². The maximum absolute atomic E-state index is 14.0. The van der Waals surface area contributed by atoms with Gasteiger partial charge < -0.3 is 4.74 Å². The van der Waals surface area contributed by atoms with Crippen molar-refractivity contribution in [3.05, 3.63) is 63.7 Å². The summed E-state index contributed by atoms with van der Waals surface area (Å²) < 4.78 is 32.5. The van der Waals surface area contributed by atoms with Crippen LogP contribution < -0.4 is 16.0 Å². The molecule has 0 aromatic heterocycles. The highest BCUT2D eigenvalue weighted by molar-refractivity contribution is 6.32. The molecule has 6 heteroatoms. The molecular weight excluding hydrogens is 298 g/mol. The van der Waals surface area contributed by atoms with Crippen LogP contribution in [0.1, 0.15) is 22.7 Å². The highest BCUT2D eigenvalue weighted by Crippen LogP contribution is 2.31. The molecule has 2 rings (SSSR count). The molecule has 2 aromatic carbocycles. The van der Waals surface area contributed by atoms with Gasteiger partial charge in [-0.2, -0.15) is 0 Å². The number of rotatable bonds is 4. The lowest BCUT2D eigenvalue weighted by atomic mass is 9.97. The molecule has 0 radical (unpaired) electrons. The summed E-state index contributed by atoms with van der Waals surface area (Å²) in [6.45, 7) is 1.56. The van der Waals surface area contributed by atoms with E-state index in [2.05, 4.69) is 5.43 Å². The molecule has 0 heterocycles. The Morgan fingerprint density at radius 3 is 2.52 bits per heavy atom. The monoisotopic (exact) mass is 312 g/mol. The number of hydrogen-bond donors (Lipinski definition) is 2. The van der Waals surface area contributed by atoms with E-state index < -0.39 is 17.7 Å². The Balaban J connectivity index is 2.52. The fourth-order valence-corrected chi connectivity index (χ4v) is 2.32. The van der Waals surface area contributed by atoms with E-state index in [9.17, 15) is 8.78 Å². The third-order valence-corrected chi connectivity index (χ3v) is 3.58. The Hall–Kier alpha value is -1.69. The SMILES string of the molecule is COc1cc(C(NN)c2cc(C)c(F)cc2F)ccc1Cl. The Bertz CT molecular complexity index is 664. The van der Waals surface area contributed by atoms with Crippen molar-refractivity contribution in [1.29, 1.82) is 0 Å². The van der Waals surface area contributed by atoms with Crippen molar-refractivity contribution in [2.45, 2.75) is 13.0 Å². The minimum Gasteiger partial charge on any atom is -0.495 e. The predicted octanol–water partition coefficient (Wildman–Crippen LogP) is 3.49. The molecule has 0 spiro atoms. The Labute approximate surface area is 126 Å². The van der Waals surface area contributed by atoms with Crippen LogP contribution in [0.5, 0.6) is 5.75 Å². The standard InChI is InChI=1S/C15H15ClF2N2O/c1-8-5-10(13(18)7-12(8)17)15(20-19)9-3-4-11(16)14(6-9)21-2/h3-7,15,20H,19H2,1-2H3. The van der Waals surface area contributed by atoms with Crippen molar-refractivity contribution in [1.82, 2.24) is 5.43 Å². The summed E-state index contributed by atoms with van der Waals surface area (Å²) in [6.07, 6.45) is 0. The van der Waals surface area contributed by atoms with E-state index in [1.165, 1.54) is 13.2 Å². The molecule has 0 amide bonds. The van der Waals surface area contributed by atoms with E-state index in [1.807, 2.05) is 0 Å². The first-order valence-corrected chi connectivity index (χ1v) is 6.60. The van der Waals surface area contributed by atoms with Gasteiger partial charge in [0.1, 0.15) is 17.4 Å². The Morgan fingerprint density at radius 1 is 1.19 bits per heavy atom. The lowest BCUT2D eigenvalue weighted by molar-refractivity contribution is 0.413. The maximum Gasteiger partial charge on any atom is 0.137 e. The Kier molecular flexibility index (Phi) is 4.77. The number of ether oxygens (including phenoxy) is 1. The quantitative estimate of drug-likeness (QED) is 0.671. The first-order valence-electron chi connectivity index (χ1n) is 6.23. The molecule has 0 saturated carbocycles. The molecule has 0 saturated heterocycles. The molecular formula is C15H15ClF2N2O. The van der Waals surface area contributed by atoms with Crippen LogP contribution in [0.25, 0.3) is 0 Å². The lowest BCUT2D eigenvalue weighted by Crippen LogP contribution is -2.29. The van der Waals surface area contributed by atoms with Crippen LogP contribution in [-0.4, -0.2) is 7.11 Å². The highest BCUT2D eigenvalue weighted by Gasteiger charge is 2.19. The zero-order chi connectivity index (χ0) is 15.6. The molecule has 0 aliphatic carbocycles. The van der Waals surface area contributed by atoms with E-state index in [1.54, 1.807) is 25.1 Å². The summed E-state index contributed by atoms with van der Waals surface area (Å²) in [7, 11) is 1.48. The topological polar surface area (TPSA) is 47.3 Å². The first kappa shape index (κ1) is 15.7. The van der Waals surface area contributed by atoms with Crippen molar-refractivity contribution in [2.24, 2.45) is 5.84 Å². The number of hydrogen-bond acceptors (Lipinski definition) is 3. The summed E-state index contributed by atoms with van der Waals surface area (Å²) in [5, 5.41) is 0.438. The summed E-state index contributed by atoms with van der Waals surface area (Å²) >= 11 is 5.97. The third-order valence-electron chi connectivity index (χ3n) is 3.26. The maximum atomic E-state index is 14.0. The summed E-state index contributed by atoms with van der Waals surface area (Å²) in [4.78, 5) is 0. The molecule has 1 atom stereocenters. The number of hydrazine groups is 1. The summed E-state index contributed by atoms with van der Waals surface area (Å²) in [5.41, 5.74) is 3.78. The van der Waals surface area contributed by atoms with Gasteiger partial charge in [0.05, 0.1) is 18.2 Å². The van der Waals surface area contributed by atoms with Crippen molar-refractivity contribution in [3.63, 3.8) is 0 Å². The van der Waals surface area contributed by atoms with Crippen LogP contribution in [-0.2, 0) is 0 Å². The van der Waals surface area contributed by atoms with Crippen LogP contribution in [0, 0.1) is 18.6 Å². The fourth-order valence-electron chi connectivity index (χ4n) is 2.12. The highest BCUT2D eigenvalue weighted by atomic mass is 35.5. The summed E-state index contributed by atoms with van der Waals surface area (Å²) in [6, 6.07) is 6.63. The second-order valence-corrected chi connectivity index (χ2v) is 5.02. The molecule has 21 heavy (non-hydrogen) atoms. The zero-order valence-corrected chi connectivity index (χ0v) is 12.3. The molecule has 0 fully saturated rings. The van der Waals surface area contributed by atoms with Gasteiger partial charge in [0.15, 0.2) is 0 Å². The average Bonchev–Trinajstić information content (AvgIpc) is 2.46. The van der Waals surface area contributed by atoms with Gasteiger partial charge in [-0.25, -0.2) is 14.2 Å². The fraction of sp³-hybridized carbons (Fsp3) is 0.200. The zero-order valence-electron chi connectivity index (χ0n) is 11.6. The molecule has 0 aliphatic rings. The number of benzene rings is 2. The van der Waals surface area contributed by atoms with Crippen LogP contribution >= 0.6 is 11.6 Å². The van der Waals surface area contributed by atoms with E-state index in [-0.39, 0.29) is 5.56 Å². The van der Waals surface area contributed by atoms with Gasteiger partial charge in [0.25, 0.3) is 0 Å². The number of nitrogens with one attached hydrogen (secondary N) is 1. The number of nitrogens with two attached hydrogens (primary N) is 1. The predicted molar refractivity (Wildman–Crippen MR) is 78.3 cm³/mol. The second kappa shape index (κ2) is 6.39. The molecule has 1 unspecified atom stereocenters. The number of aryl methyl sites for hydroxylation is 1. The van der Waals surface area contributed by atoms with Crippen molar-refractivity contribution < 1.29 is 13.5 Å². The minimum atomic E-state index is -0.671. The smallest absolute Gasteiger partial charge is 0.137 e. The van der Waals surface area contributed by atoms with Crippen LogP contribution in [0.4, 0.5) is 8.78 Å². The molecule has 0 bridgehead atoms. The number of halogens is 3. The van der Waals surface area contributed by atoms with Gasteiger partial charge in [-0.3, -0.25) is 5.84 Å². The van der Waals surface area contributed by atoms with Crippen LogP contribution in [0.15, 0.2) is 30.3 Å². The number of methoxy groups -OCH3 is 1. The molecule has 3 nitrogen and oxygen atoms in total. The van der Waals surface area contributed by atoms with E-state index in [0.717, 1.165) is 6.07 Å². The van der Waals surface area contributed by atoms with Crippen molar-refractivity contribution in [2.75, 3.05) is 7.11 Å². The van der Waals surface area contributed by atoms with E-state index in [0.29, 0.717) is 21.9 Å². The third kappa shape index (κ3) is 3.15. The molecule has 0 aliphatic heterocycles. The van der Waals surface area contributed by atoms with E-state index >= 15 is 0 Å². The first-order chi connectivity index (χ1) is 9.97. The van der Waals surface area contributed by atoms with Gasteiger partial charge in [0, 0.05) is 11.6 Å². The largest absolute Gasteiger partial charge is 0.495 e. The van der Waals surface area contributed by atoms with E-state index in [4.69, 9.17) is 22.2 Å². The molecule has 2 aromatic rings. The van der Waals surface area contributed by atoms with Gasteiger partial charge in [-0.05, 0) is 36.2 Å². The van der Waals surface area contributed by atoms with Crippen molar-refractivity contribution in [3.8, 4) is 5.75 Å². The normalized spacial score (nSPS) is 12.3. The van der Waals surface area contributed by atoms with Crippen LogP contribution in [0.2, 0.25) is 5.02 Å². The van der Waals surface area contributed by atoms with Gasteiger partial charge in [0.2, 0.25) is 0 Å². The molecule has 112 valence electrons. The average molecular weight is 313 g/mol. The van der Waals surface area contributed by atoms with Crippen molar-refractivity contribution >= 4 is 11.6 Å². The second-order valence-electron chi connectivity index (χ2n) is 4.62. The van der Waals surface area contributed by atoms with Gasteiger partial charge in [-0.15, -0.1) is 0 Å². The minimum absolute atomic E-state index is 0.251. The Morgan fingerprint density at radius 2 is 1.90 bits per heavy atom. The summed E-state index contributed by atoms with van der Waals surface area (Å²) in [5.74, 6) is 4.72. The van der Waals surface area contributed by atoms with Gasteiger partial charge in [-0.1, -0.05) is 17.7 Å². The lowest BCUT2D eigenvalue weighted by Gasteiger charge is -2.19.